The third-order valence-corrected chi connectivity index (χ3v) is 5.41. The molecule has 1 unspecified atom stereocenters. The molecule has 0 aliphatic carbocycles. The molecule has 2 saturated heterocycles. The highest BCUT2D eigenvalue weighted by Gasteiger charge is 2.28. The van der Waals surface area contributed by atoms with Gasteiger partial charge in [-0.1, -0.05) is 6.42 Å². The van der Waals surface area contributed by atoms with Crippen LogP contribution in [0.4, 0.5) is 0 Å². The van der Waals surface area contributed by atoms with Crippen molar-refractivity contribution in [2.75, 3.05) is 26.2 Å². The average molecular weight is 306 g/mol. The number of carbonyl (C=O) groups is 1. The van der Waals surface area contributed by atoms with E-state index in [2.05, 4.69) is 15.9 Å². The number of carboxylic acid groups (broad SMARTS) is 1. The molecule has 0 aromatic carbocycles. The number of hydrogen-bond donors (Lipinski definition) is 1. The number of thiophene rings is 1. The van der Waals surface area contributed by atoms with Gasteiger partial charge in [0.25, 0.3) is 0 Å². The topological polar surface area (TPSA) is 43.8 Å². The first-order valence-electron chi connectivity index (χ1n) is 7.67. The zero-order valence-electron chi connectivity index (χ0n) is 12.2. The standard InChI is InChI=1S/C16H22N2O2S/c19-16(20)7-6-14-4-5-15(21-14)12-17-9-10-18-8-2-1-3-13(18)11-17/h4-7,13H,1-3,8-12H2,(H,19,20)/b7-6+. The number of nitrogens with zero attached hydrogens (tertiary/aromatic N) is 2. The van der Waals surface area contributed by atoms with Crippen LogP contribution in [0.25, 0.3) is 6.08 Å². The van der Waals surface area contributed by atoms with E-state index in [-0.39, 0.29) is 0 Å². The van der Waals surface area contributed by atoms with E-state index in [9.17, 15) is 4.79 Å². The van der Waals surface area contributed by atoms with Crippen LogP contribution < -0.4 is 0 Å². The van der Waals surface area contributed by atoms with Crippen molar-refractivity contribution >= 4 is 23.4 Å². The van der Waals surface area contributed by atoms with Crippen molar-refractivity contribution in [1.29, 1.82) is 0 Å². The van der Waals surface area contributed by atoms with Gasteiger partial charge >= 0.3 is 5.97 Å². The predicted octanol–water partition coefficient (Wildman–Crippen LogP) is 2.52. The fraction of sp³-hybridized carbons (Fsp3) is 0.562. The van der Waals surface area contributed by atoms with Gasteiger partial charge in [0.15, 0.2) is 0 Å². The van der Waals surface area contributed by atoms with E-state index in [0.717, 1.165) is 24.0 Å². The molecule has 1 atom stereocenters. The van der Waals surface area contributed by atoms with Crippen LogP contribution in [0.2, 0.25) is 0 Å². The lowest BCUT2D eigenvalue weighted by molar-refractivity contribution is -0.131. The summed E-state index contributed by atoms with van der Waals surface area (Å²) in [6.07, 6.45) is 6.96. The van der Waals surface area contributed by atoms with Crippen molar-refractivity contribution < 1.29 is 9.90 Å². The SMILES string of the molecule is O=C(O)/C=C/c1ccc(CN2CCN3CCCCC3C2)s1. The van der Waals surface area contributed by atoms with Gasteiger partial charge in [0.1, 0.15) is 0 Å². The molecule has 2 aliphatic rings. The summed E-state index contributed by atoms with van der Waals surface area (Å²) in [4.78, 5) is 18.1. The number of fused-ring (bicyclic) bond motifs is 1. The lowest BCUT2D eigenvalue weighted by Gasteiger charge is -2.44. The smallest absolute Gasteiger partial charge is 0.328 e. The second kappa shape index (κ2) is 6.73. The van der Waals surface area contributed by atoms with E-state index in [1.165, 1.54) is 49.8 Å². The van der Waals surface area contributed by atoms with E-state index < -0.39 is 5.97 Å². The second-order valence-corrected chi connectivity index (χ2v) is 7.10. The molecule has 1 aromatic heterocycles. The van der Waals surface area contributed by atoms with Gasteiger partial charge in [-0.3, -0.25) is 9.80 Å². The van der Waals surface area contributed by atoms with Gasteiger partial charge in [0, 0.05) is 48.1 Å². The molecule has 21 heavy (non-hydrogen) atoms. The molecule has 0 amide bonds. The summed E-state index contributed by atoms with van der Waals surface area (Å²) in [5.41, 5.74) is 0. The molecule has 4 nitrogen and oxygen atoms in total. The molecule has 0 bridgehead atoms. The zero-order chi connectivity index (χ0) is 14.7. The number of rotatable bonds is 4. The van der Waals surface area contributed by atoms with Gasteiger partial charge < -0.3 is 5.11 Å². The summed E-state index contributed by atoms with van der Waals surface area (Å²) in [7, 11) is 0. The number of hydrogen-bond acceptors (Lipinski definition) is 4. The highest BCUT2D eigenvalue weighted by molar-refractivity contribution is 7.12. The largest absolute Gasteiger partial charge is 0.478 e. The summed E-state index contributed by atoms with van der Waals surface area (Å²) < 4.78 is 0. The Labute approximate surface area is 129 Å². The maximum absolute atomic E-state index is 10.5. The maximum atomic E-state index is 10.5. The Balaban J connectivity index is 1.56. The summed E-state index contributed by atoms with van der Waals surface area (Å²) in [5.74, 6) is -0.890. The summed E-state index contributed by atoms with van der Waals surface area (Å²) >= 11 is 1.69. The summed E-state index contributed by atoms with van der Waals surface area (Å²) in [6, 6.07) is 4.88. The van der Waals surface area contributed by atoms with Crippen LogP contribution in [0.5, 0.6) is 0 Å². The minimum absolute atomic E-state index is 0.749. The molecule has 0 radical (unpaired) electrons. The number of carboxylic acids is 1. The maximum Gasteiger partial charge on any atom is 0.328 e. The third-order valence-electron chi connectivity index (χ3n) is 4.37. The predicted molar refractivity (Wildman–Crippen MR) is 85.5 cm³/mol. The Morgan fingerprint density at radius 1 is 1.33 bits per heavy atom. The van der Waals surface area contributed by atoms with E-state index in [4.69, 9.17) is 5.11 Å². The first kappa shape index (κ1) is 14.8. The van der Waals surface area contributed by atoms with Gasteiger partial charge in [-0.25, -0.2) is 4.79 Å². The molecule has 3 rings (SSSR count). The van der Waals surface area contributed by atoms with Gasteiger partial charge in [-0.2, -0.15) is 0 Å². The fourth-order valence-electron chi connectivity index (χ4n) is 3.31. The van der Waals surface area contributed by atoms with Gasteiger partial charge in [-0.05, 0) is 37.6 Å². The lowest BCUT2D eigenvalue weighted by Crippen LogP contribution is -2.54. The quantitative estimate of drug-likeness (QED) is 0.868. The minimum atomic E-state index is -0.890. The Kier molecular flexibility index (Phi) is 4.73. The van der Waals surface area contributed by atoms with E-state index in [1.807, 2.05) is 6.07 Å². The van der Waals surface area contributed by atoms with Gasteiger partial charge in [0.2, 0.25) is 0 Å². The molecule has 1 aromatic rings. The molecule has 0 spiro atoms. The van der Waals surface area contributed by atoms with Crippen LogP contribution in [0.1, 0.15) is 29.0 Å². The fourth-order valence-corrected chi connectivity index (χ4v) is 4.26. The Bertz CT molecular complexity index is 526. The van der Waals surface area contributed by atoms with Crippen LogP contribution in [0, 0.1) is 0 Å². The van der Waals surface area contributed by atoms with Crippen LogP contribution in [-0.4, -0.2) is 53.1 Å². The molecule has 2 aliphatic heterocycles. The van der Waals surface area contributed by atoms with Crippen LogP contribution in [-0.2, 0) is 11.3 Å². The zero-order valence-corrected chi connectivity index (χ0v) is 13.0. The van der Waals surface area contributed by atoms with E-state index in [1.54, 1.807) is 17.4 Å². The van der Waals surface area contributed by atoms with E-state index in [0.29, 0.717) is 0 Å². The molecule has 3 heterocycles. The van der Waals surface area contributed by atoms with Crippen molar-refractivity contribution in [2.24, 2.45) is 0 Å². The van der Waals surface area contributed by atoms with Gasteiger partial charge in [-0.15, -0.1) is 11.3 Å². The molecule has 5 heteroatoms. The van der Waals surface area contributed by atoms with Crippen molar-refractivity contribution in [2.45, 2.75) is 31.8 Å². The average Bonchev–Trinajstić information content (AvgIpc) is 2.92. The Morgan fingerprint density at radius 3 is 3.10 bits per heavy atom. The minimum Gasteiger partial charge on any atom is -0.478 e. The number of aliphatic carboxylic acids is 1. The normalized spacial score (nSPS) is 24.3. The van der Waals surface area contributed by atoms with Gasteiger partial charge in [0.05, 0.1) is 0 Å². The Morgan fingerprint density at radius 2 is 2.24 bits per heavy atom. The molecule has 114 valence electrons. The first-order chi connectivity index (χ1) is 10.2. The molecular weight excluding hydrogens is 284 g/mol. The highest BCUT2D eigenvalue weighted by atomic mass is 32.1. The first-order valence-corrected chi connectivity index (χ1v) is 8.48. The molecule has 0 saturated carbocycles. The number of piperazine rings is 1. The monoisotopic (exact) mass is 306 g/mol. The van der Waals surface area contributed by atoms with Crippen LogP contribution in [0.3, 0.4) is 0 Å². The van der Waals surface area contributed by atoms with E-state index >= 15 is 0 Å². The summed E-state index contributed by atoms with van der Waals surface area (Å²) in [6.45, 7) is 5.80. The molecule has 1 N–H and O–H groups in total. The highest BCUT2D eigenvalue weighted by Crippen LogP contribution is 2.24. The van der Waals surface area contributed by atoms with Crippen molar-refractivity contribution in [3.63, 3.8) is 0 Å². The van der Waals surface area contributed by atoms with Crippen molar-refractivity contribution in [1.82, 2.24) is 9.80 Å². The lowest BCUT2D eigenvalue weighted by atomic mass is 9.99. The third kappa shape index (κ3) is 3.93. The van der Waals surface area contributed by atoms with Crippen molar-refractivity contribution in [3.05, 3.63) is 28.0 Å². The summed E-state index contributed by atoms with van der Waals surface area (Å²) in [5, 5.41) is 8.66. The number of piperidine rings is 1. The van der Waals surface area contributed by atoms with Crippen LogP contribution in [0.15, 0.2) is 18.2 Å². The second-order valence-electron chi connectivity index (χ2n) is 5.90. The van der Waals surface area contributed by atoms with Crippen molar-refractivity contribution in [3.8, 4) is 0 Å². The van der Waals surface area contributed by atoms with Crippen LogP contribution >= 0.6 is 11.3 Å². The molecule has 2 fully saturated rings. The Hall–Kier alpha value is -1.17. The molecular formula is C16H22N2O2S.